The zero-order chi connectivity index (χ0) is 15.4. The van der Waals surface area contributed by atoms with E-state index >= 15 is 0 Å². The van der Waals surface area contributed by atoms with E-state index < -0.39 is 11.8 Å². The first kappa shape index (κ1) is 15.6. The first-order valence-corrected chi connectivity index (χ1v) is 6.88. The van der Waals surface area contributed by atoms with Crippen LogP contribution in [-0.4, -0.2) is 17.6 Å². The Labute approximate surface area is 131 Å². The summed E-state index contributed by atoms with van der Waals surface area (Å²) in [6, 6.07) is 11.0. The van der Waals surface area contributed by atoms with E-state index in [0.29, 0.717) is 10.7 Å². The molecule has 0 amide bonds. The highest BCUT2D eigenvalue weighted by molar-refractivity contribution is 6.31. The van der Waals surface area contributed by atoms with Gasteiger partial charge in [0.05, 0.1) is 0 Å². The van der Waals surface area contributed by atoms with Crippen LogP contribution in [0, 0.1) is 5.82 Å². The van der Waals surface area contributed by atoms with Crippen molar-refractivity contribution in [2.45, 2.75) is 6.54 Å². The maximum Gasteiger partial charge on any atom is 0.323 e. The van der Waals surface area contributed by atoms with E-state index in [0.717, 1.165) is 0 Å². The fourth-order valence-corrected chi connectivity index (χ4v) is 2.28. The minimum atomic E-state index is -1.02. The summed E-state index contributed by atoms with van der Waals surface area (Å²) in [5.74, 6) is -1.48. The maximum atomic E-state index is 13.8. The van der Waals surface area contributed by atoms with Gasteiger partial charge in [-0.25, -0.2) is 4.39 Å². The molecule has 0 unspecified atom stereocenters. The van der Waals surface area contributed by atoms with Crippen molar-refractivity contribution in [3.63, 3.8) is 0 Å². The number of rotatable bonds is 5. The van der Waals surface area contributed by atoms with Crippen LogP contribution in [-0.2, 0) is 11.3 Å². The molecule has 0 spiro atoms. The average Bonchev–Trinajstić information content (AvgIpc) is 2.42. The Morgan fingerprint density at radius 3 is 2.38 bits per heavy atom. The second-order valence-electron chi connectivity index (χ2n) is 4.43. The summed E-state index contributed by atoms with van der Waals surface area (Å²) in [4.78, 5) is 12.5. The highest BCUT2D eigenvalue weighted by Crippen LogP contribution is 2.25. The van der Waals surface area contributed by atoms with Crippen LogP contribution in [0.3, 0.4) is 0 Å². The van der Waals surface area contributed by atoms with Crippen LogP contribution in [0.4, 0.5) is 10.1 Å². The molecule has 21 heavy (non-hydrogen) atoms. The monoisotopic (exact) mass is 327 g/mol. The standard InChI is InChI=1S/C15H12Cl2FNO2/c16-10-4-6-11(7-5-10)19(9-15(20)21)8-12-13(17)2-1-3-14(12)18/h1-7H,8-9H2,(H,20,21). The van der Waals surface area contributed by atoms with Crippen molar-refractivity contribution >= 4 is 34.9 Å². The molecular weight excluding hydrogens is 316 g/mol. The minimum absolute atomic E-state index is 0.0550. The highest BCUT2D eigenvalue weighted by Gasteiger charge is 2.15. The molecule has 0 saturated heterocycles. The second-order valence-corrected chi connectivity index (χ2v) is 5.27. The van der Waals surface area contributed by atoms with Gasteiger partial charge in [-0.05, 0) is 36.4 Å². The summed E-state index contributed by atoms with van der Waals surface area (Å²) >= 11 is 11.8. The molecule has 0 atom stereocenters. The van der Waals surface area contributed by atoms with Crippen molar-refractivity contribution in [1.29, 1.82) is 0 Å². The number of hydrogen-bond donors (Lipinski definition) is 1. The molecule has 0 radical (unpaired) electrons. The van der Waals surface area contributed by atoms with Gasteiger partial charge in [0.2, 0.25) is 0 Å². The number of hydrogen-bond acceptors (Lipinski definition) is 2. The molecule has 0 aliphatic carbocycles. The fraction of sp³-hybridized carbons (Fsp3) is 0.133. The largest absolute Gasteiger partial charge is 0.480 e. The highest BCUT2D eigenvalue weighted by atomic mass is 35.5. The third-order valence-corrected chi connectivity index (χ3v) is 3.53. The van der Waals surface area contributed by atoms with Crippen LogP contribution in [0.2, 0.25) is 10.0 Å². The first-order valence-electron chi connectivity index (χ1n) is 6.12. The molecule has 0 bridgehead atoms. The quantitative estimate of drug-likeness (QED) is 0.893. The molecule has 0 aliphatic rings. The van der Waals surface area contributed by atoms with Crippen LogP contribution in [0.1, 0.15) is 5.56 Å². The van der Waals surface area contributed by atoms with Gasteiger partial charge < -0.3 is 10.0 Å². The lowest BCUT2D eigenvalue weighted by Gasteiger charge is -2.23. The van der Waals surface area contributed by atoms with Crippen LogP contribution < -0.4 is 4.90 Å². The number of carboxylic acids is 1. The molecule has 2 rings (SSSR count). The predicted molar refractivity (Wildman–Crippen MR) is 81.5 cm³/mol. The van der Waals surface area contributed by atoms with E-state index in [2.05, 4.69) is 0 Å². The first-order chi connectivity index (χ1) is 9.97. The fourth-order valence-electron chi connectivity index (χ4n) is 1.93. The lowest BCUT2D eigenvalue weighted by Crippen LogP contribution is -2.29. The molecule has 0 heterocycles. The zero-order valence-corrected chi connectivity index (χ0v) is 12.4. The third-order valence-electron chi connectivity index (χ3n) is 2.93. The van der Waals surface area contributed by atoms with Gasteiger partial charge in [-0.2, -0.15) is 0 Å². The molecular formula is C15H12Cl2FNO2. The molecule has 2 aromatic carbocycles. The van der Waals surface area contributed by atoms with Crippen molar-refractivity contribution in [1.82, 2.24) is 0 Å². The number of anilines is 1. The van der Waals surface area contributed by atoms with E-state index in [-0.39, 0.29) is 23.7 Å². The van der Waals surface area contributed by atoms with Crippen molar-refractivity contribution in [3.05, 3.63) is 63.9 Å². The van der Waals surface area contributed by atoms with Crippen LogP contribution >= 0.6 is 23.2 Å². The molecule has 0 aliphatic heterocycles. The Kier molecular flexibility index (Phi) is 5.04. The summed E-state index contributed by atoms with van der Waals surface area (Å²) in [6.45, 7) is -0.217. The van der Waals surface area contributed by atoms with Gasteiger partial charge in [-0.3, -0.25) is 4.79 Å². The van der Waals surface area contributed by atoms with Gasteiger partial charge in [0.25, 0.3) is 0 Å². The molecule has 0 fully saturated rings. The number of halogens is 3. The van der Waals surface area contributed by atoms with Crippen LogP contribution in [0.25, 0.3) is 0 Å². The van der Waals surface area contributed by atoms with Gasteiger partial charge in [0.15, 0.2) is 0 Å². The van der Waals surface area contributed by atoms with E-state index in [4.69, 9.17) is 28.3 Å². The summed E-state index contributed by atoms with van der Waals surface area (Å²) in [5, 5.41) is 9.83. The summed E-state index contributed by atoms with van der Waals surface area (Å²) in [7, 11) is 0. The Bertz CT molecular complexity index is 626. The number of nitrogens with zero attached hydrogens (tertiary/aromatic N) is 1. The van der Waals surface area contributed by atoms with E-state index in [9.17, 15) is 9.18 Å². The molecule has 6 heteroatoms. The zero-order valence-electron chi connectivity index (χ0n) is 10.9. The topological polar surface area (TPSA) is 40.5 Å². The summed E-state index contributed by atoms with van der Waals surface area (Å²) in [6.07, 6.45) is 0. The maximum absolute atomic E-state index is 13.8. The molecule has 0 aromatic heterocycles. The van der Waals surface area contributed by atoms with Crippen molar-refractivity contribution in [2.24, 2.45) is 0 Å². The van der Waals surface area contributed by atoms with Gasteiger partial charge in [0.1, 0.15) is 12.4 Å². The third kappa shape index (κ3) is 4.09. The Morgan fingerprint density at radius 2 is 1.81 bits per heavy atom. The van der Waals surface area contributed by atoms with Gasteiger partial charge in [0, 0.05) is 27.8 Å². The van der Waals surface area contributed by atoms with Crippen molar-refractivity contribution < 1.29 is 14.3 Å². The normalized spacial score (nSPS) is 10.4. The molecule has 3 nitrogen and oxygen atoms in total. The van der Waals surface area contributed by atoms with E-state index in [1.807, 2.05) is 0 Å². The number of carbonyl (C=O) groups is 1. The Hall–Kier alpha value is -1.78. The Morgan fingerprint density at radius 1 is 1.14 bits per heavy atom. The average molecular weight is 328 g/mol. The predicted octanol–water partition coefficient (Wildman–Crippen LogP) is 4.22. The molecule has 110 valence electrons. The lowest BCUT2D eigenvalue weighted by atomic mass is 10.1. The van der Waals surface area contributed by atoms with Crippen LogP contribution in [0.15, 0.2) is 42.5 Å². The summed E-state index contributed by atoms with van der Waals surface area (Å²) < 4.78 is 13.8. The van der Waals surface area contributed by atoms with E-state index in [1.54, 1.807) is 30.3 Å². The SMILES string of the molecule is O=C(O)CN(Cc1c(F)cccc1Cl)c1ccc(Cl)cc1. The van der Waals surface area contributed by atoms with Gasteiger partial charge in [-0.1, -0.05) is 29.3 Å². The Balaban J connectivity index is 2.32. The second kappa shape index (κ2) is 6.78. The smallest absolute Gasteiger partial charge is 0.323 e. The van der Waals surface area contributed by atoms with Crippen molar-refractivity contribution in [3.8, 4) is 0 Å². The van der Waals surface area contributed by atoms with Gasteiger partial charge >= 0.3 is 5.97 Å². The number of carboxylic acid groups (broad SMARTS) is 1. The van der Waals surface area contributed by atoms with Crippen molar-refractivity contribution in [2.75, 3.05) is 11.4 Å². The van der Waals surface area contributed by atoms with Gasteiger partial charge in [-0.15, -0.1) is 0 Å². The summed E-state index contributed by atoms with van der Waals surface area (Å²) in [5.41, 5.74) is 0.886. The molecule has 1 N–H and O–H groups in total. The lowest BCUT2D eigenvalue weighted by molar-refractivity contribution is -0.135. The molecule has 2 aromatic rings. The van der Waals surface area contributed by atoms with E-state index in [1.165, 1.54) is 17.0 Å². The van der Waals surface area contributed by atoms with Crippen LogP contribution in [0.5, 0.6) is 0 Å². The molecule has 0 saturated carbocycles. The minimum Gasteiger partial charge on any atom is -0.480 e. The number of benzene rings is 2. The number of aliphatic carboxylic acids is 1.